The summed E-state index contributed by atoms with van der Waals surface area (Å²) in [6, 6.07) is 3.30. The van der Waals surface area contributed by atoms with Gasteiger partial charge in [-0.05, 0) is 52.3 Å². The predicted molar refractivity (Wildman–Crippen MR) is 126 cm³/mol. The minimum atomic E-state index is -4.76. The number of nitrogens with one attached hydrogen (secondary N) is 2. The van der Waals surface area contributed by atoms with Crippen LogP contribution in [-0.2, 0) is 6.18 Å². The molecule has 4 rings (SSSR count). The molecule has 192 valence electrons. The predicted octanol–water partition coefficient (Wildman–Crippen LogP) is 3.45. The lowest BCUT2D eigenvalue weighted by Gasteiger charge is -2.25. The van der Waals surface area contributed by atoms with Gasteiger partial charge in [0.15, 0.2) is 11.3 Å². The minimum absolute atomic E-state index is 0.0343. The molecule has 0 spiro atoms. The number of likely N-dealkylation sites (tertiary alicyclic amines) is 1. The quantitative estimate of drug-likeness (QED) is 0.486. The number of amides is 1. The molecule has 0 saturated carbocycles. The second kappa shape index (κ2) is 9.16. The first kappa shape index (κ1) is 25.5. The molecule has 3 aromatic heterocycles. The summed E-state index contributed by atoms with van der Waals surface area (Å²) in [5.41, 5.74) is -2.52. The smallest absolute Gasteiger partial charge is 0.390 e. The summed E-state index contributed by atoms with van der Waals surface area (Å²) in [5, 5.41) is 13.1. The molecule has 2 unspecified atom stereocenters. The van der Waals surface area contributed by atoms with Gasteiger partial charge in [0.05, 0.1) is 28.9 Å². The first-order valence-electron chi connectivity index (χ1n) is 11.5. The van der Waals surface area contributed by atoms with Crippen molar-refractivity contribution in [1.29, 1.82) is 0 Å². The second-order valence-electron chi connectivity index (χ2n) is 9.64. The number of H-pyrrole nitrogens is 1. The van der Waals surface area contributed by atoms with Crippen LogP contribution < -0.4 is 10.9 Å². The molecule has 9 nitrogen and oxygen atoms in total. The van der Waals surface area contributed by atoms with Crippen molar-refractivity contribution < 1.29 is 23.1 Å². The van der Waals surface area contributed by atoms with E-state index in [1.165, 1.54) is 26.1 Å². The van der Waals surface area contributed by atoms with E-state index in [1.54, 1.807) is 24.8 Å². The molecule has 0 aromatic carbocycles. The normalized spacial score (nSPS) is 17.4. The molecular formula is C24H27F3N6O3. The lowest BCUT2D eigenvalue weighted by molar-refractivity contribution is -0.141. The van der Waals surface area contributed by atoms with E-state index in [1.807, 2.05) is 0 Å². The van der Waals surface area contributed by atoms with E-state index in [0.717, 1.165) is 6.07 Å². The maximum Gasteiger partial charge on any atom is 0.433 e. The molecule has 2 atom stereocenters. The summed E-state index contributed by atoms with van der Waals surface area (Å²) in [6.07, 6.45) is -2.71. The van der Waals surface area contributed by atoms with Gasteiger partial charge in [-0.2, -0.15) is 13.2 Å². The van der Waals surface area contributed by atoms with Crippen molar-refractivity contribution >= 4 is 22.6 Å². The first-order valence-corrected chi connectivity index (χ1v) is 11.5. The second-order valence-corrected chi connectivity index (χ2v) is 9.64. The third-order valence-electron chi connectivity index (χ3n) is 6.42. The van der Waals surface area contributed by atoms with E-state index in [4.69, 9.17) is 0 Å². The zero-order valence-corrected chi connectivity index (χ0v) is 20.3. The Morgan fingerprint density at radius 1 is 1.28 bits per heavy atom. The van der Waals surface area contributed by atoms with Crippen LogP contribution >= 0.6 is 0 Å². The Morgan fingerprint density at radius 3 is 2.58 bits per heavy atom. The van der Waals surface area contributed by atoms with Crippen molar-refractivity contribution in [3.05, 3.63) is 57.5 Å². The Morgan fingerprint density at radius 2 is 2.00 bits per heavy atom. The number of aryl methyl sites for hydroxylation is 1. The van der Waals surface area contributed by atoms with Gasteiger partial charge >= 0.3 is 6.18 Å². The number of fused-ring (bicyclic) bond motifs is 1. The first-order chi connectivity index (χ1) is 16.7. The van der Waals surface area contributed by atoms with Crippen LogP contribution in [0.3, 0.4) is 0 Å². The van der Waals surface area contributed by atoms with Gasteiger partial charge in [-0.15, -0.1) is 0 Å². The number of carbonyl (C=O) groups is 1. The summed E-state index contributed by atoms with van der Waals surface area (Å²) in [6.45, 7) is 7.33. The van der Waals surface area contributed by atoms with E-state index >= 15 is 0 Å². The van der Waals surface area contributed by atoms with Crippen molar-refractivity contribution in [3.8, 4) is 0 Å². The summed E-state index contributed by atoms with van der Waals surface area (Å²) in [7, 11) is 0. The zero-order chi connectivity index (χ0) is 26.4. The van der Waals surface area contributed by atoms with Crippen molar-refractivity contribution in [3.63, 3.8) is 0 Å². The van der Waals surface area contributed by atoms with E-state index in [9.17, 15) is 27.9 Å². The lowest BCUT2D eigenvalue weighted by atomic mass is 9.90. The molecule has 1 fully saturated rings. The molecular weight excluding hydrogens is 477 g/mol. The standard InChI is InChI=1S/C24H27F3N6O3/c1-12(16-9-17-20(30-13(2)31-21(17)34)32-19(16)24(25,26)27)29-15-5-6-18(28-10-15)22(35)33-8-7-14(11-33)23(3,4)36/h5-6,9-10,12,14,29,36H,7-8,11H2,1-4H3,(H,30,31,32,34). The third-order valence-corrected chi connectivity index (χ3v) is 6.42. The van der Waals surface area contributed by atoms with Crippen LogP contribution in [0, 0.1) is 12.8 Å². The highest BCUT2D eigenvalue weighted by molar-refractivity contribution is 5.92. The zero-order valence-electron chi connectivity index (χ0n) is 20.3. The Bertz CT molecular complexity index is 1350. The molecule has 36 heavy (non-hydrogen) atoms. The summed E-state index contributed by atoms with van der Waals surface area (Å²) >= 11 is 0. The van der Waals surface area contributed by atoms with Gasteiger partial charge in [0.2, 0.25) is 0 Å². The number of anilines is 1. The SMILES string of the molecule is Cc1nc2nc(C(F)(F)F)c(C(C)Nc3ccc(C(=O)N4CCC(C(C)(C)O)C4)nc3)cc2c(=O)[nH]1. The van der Waals surface area contributed by atoms with Crippen molar-refractivity contribution in [2.75, 3.05) is 18.4 Å². The maximum atomic E-state index is 13.8. The van der Waals surface area contributed by atoms with Crippen molar-refractivity contribution in [1.82, 2.24) is 24.8 Å². The fourth-order valence-electron chi connectivity index (χ4n) is 4.36. The third kappa shape index (κ3) is 5.18. The van der Waals surface area contributed by atoms with Gasteiger partial charge in [0, 0.05) is 24.6 Å². The van der Waals surface area contributed by atoms with Gasteiger partial charge in [-0.1, -0.05) is 0 Å². The van der Waals surface area contributed by atoms with Crippen LogP contribution in [-0.4, -0.2) is 54.5 Å². The van der Waals surface area contributed by atoms with E-state index < -0.39 is 29.1 Å². The van der Waals surface area contributed by atoms with Gasteiger partial charge < -0.3 is 20.3 Å². The Kier molecular flexibility index (Phi) is 6.50. The number of nitrogens with zero attached hydrogens (tertiary/aromatic N) is 4. The number of aromatic amines is 1. The molecule has 1 aliphatic rings. The number of aliphatic hydroxyl groups is 1. The van der Waals surface area contributed by atoms with Crippen LogP contribution in [0.25, 0.3) is 11.0 Å². The Hall–Kier alpha value is -3.54. The lowest BCUT2D eigenvalue weighted by Crippen LogP contribution is -2.35. The fourth-order valence-corrected chi connectivity index (χ4v) is 4.36. The Labute approximate surface area is 204 Å². The van der Waals surface area contributed by atoms with Gasteiger partial charge in [-0.3, -0.25) is 9.59 Å². The molecule has 3 N–H and O–H groups in total. The van der Waals surface area contributed by atoms with Crippen LogP contribution in [0.5, 0.6) is 0 Å². The number of carbonyl (C=O) groups excluding carboxylic acids is 1. The summed E-state index contributed by atoms with van der Waals surface area (Å²) < 4.78 is 41.4. The van der Waals surface area contributed by atoms with Gasteiger partial charge in [-0.25, -0.2) is 15.0 Å². The number of pyridine rings is 2. The molecule has 0 radical (unpaired) electrons. The highest BCUT2D eigenvalue weighted by atomic mass is 19.4. The van der Waals surface area contributed by atoms with Crippen LogP contribution in [0.15, 0.2) is 29.2 Å². The molecule has 1 aliphatic heterocycles. The summed E-state index contributed by atoms with van der Waals surface area (Å²) in [4.78, 5) is 40.9. The molecule has 1 saturated heterocycles. The molecule has 0 aliphatic carbocycles. The molecule has 3 aromatic rings. The number of hydrogen-bond donors (Lipinski definition) is 3. The van der Waals surface area contributed by atoms with E-state index in [-0.39, 0.29) is 39.9 Å². The summed E-state index contributed by atoms with van der Waals surface area (Å²) in [5.74, 6) is -0.147. The number of alkyl halides is 3. The Balaban J connectivity index is 1.56. The fraction of sp³-hybridized carbons (Fsp3) is 0.458. The average Bonchev–Trinajstić information content (AvgIpc) is 3.28. The van der Waals surface area contributed by atoms with Crippen molar-refractivity contribution in [2.24, 2.45) is 5.92 Å². The van der Waals surface area contributed by atoms with Crippen molar-refractivity contribution in [2.45, 2.75) is 51.9 Å². The number of aromatic nitrogens is 4. The monoisotopic (exact) mass is 504 g/mol. The minimum Gasteiger partial charge on any atom is -0.390 e. The highest BCUT2D eigenvalue weighted by Gasteiger charge is 2.38. The topological polar surface area (TPSA) is 124 Å². The molecule has 0 bridgehead atoms. The van der Waals surface area contributed by atoms with E-state index in [0.29, 0.717) is 25.2 Å². The largest absolute Gasteiger partial charge is 0.433 e. The average molecular weight is 505 g/mol. The number of rotatable bonds is 5. The molecule has 12 heteroatoms. The molecule has 1 amide bonds. The van der Waals surface area contributed by atoms with Gasteiger partial charge in [0.25, 0.3) is 11.5 Å². The maximum absolute atomic E-state index is 13.8. The van der Waals surface area contributed by atoms with E-state index in [2.05, 4.69) is 25.3 Å². The number of hydrogen-bond acceptors (Lipinski definition) is 7. The highest BCUT2D eigenvalue weighted by Crippen LogP contribution is 2.35. The van der Waals surface area contributed by atoms with Gasteiger partial charge in [0.1, 0.15) is 11.5 Å². The van der Waals surface area contributed by atoms with Crippen LogP contribution in [0.4, 0.5) is 18.9 Å². The molecule has 4 heterocycles. The van der Waals surface area contributed by atoms with Crippen LogP contribution in [0.1, 0.15) is 60.8 Å². The van der Waals surface area contributed by atoms with Crippen LogP contribution in [0.2, 0.25) is 0 Å². The number of halogens is 3.